The van der Waals surface area contributed by atoms with Gasteiger partial charge in [0, 0.05) is 29.4 Å². The van der Waals surface area contributed by atoms with Crippen LogP contribution in [0.4, 0.5) is 17.1 Å². The second-order valence-electron chi connectivity index (χ2n) is 7.50. The number of hydrogen-bond acceptors (Lipinski definition) is 7. The molecule has 3 aromatic rings. The van der Waals surface area contributed by atoms with Crippen molar-refractivity contribution in [2.24, 2.45) is 0 Å². The van der Waals surface area contributed by atoms with E-state index < -0.39 is 6.04 Å². The van der Waals surface area contributed by atoms with Crippen molar-refractivity contribution < 1.29 is 28.5 Å². The highest BCUT2D eigenvalue weighted by Crippen LogP contribution is 2.37. The lowest BCUT2D eigenvalue weighted by atomic mass is 10.1. The Morgan fingerprint density at radius 1 is 0.853 bits per heavy atom. The van der Waals surface area contributed by atoms with Gasteiger partial charge in [-0.15, -0.1) is 0 Å². The van der Waals surface area contributed by atoms with Gasteiger partial charge in [-0.2, -0.15) is 0 Å². The monoisotopic (exact) mass is 463 g/mol. The average molecular weight is 463 g/mol. The smallest absolute Gasteiger partial charge is 0.255 e. The number of nitrogens with one attached hydrogen (secondary N) is 3. The van der Waals surface area contributed by atoms with Gasteiger partial charge in [-0.3, -0.25) is 9.59 Å². The number of carbonyl (C=O) groups is 2. The van der Waals surface area contributed by atoms with Gasteiger partial charge in [0.05, 0.1) is 25.6 Å². The Hall–Kier alpha value is -4.40. The van der Waals surface area contributed by atoms with Crippen LogP contribution in [-0.4, -0.2) is 38.9 Å². The third kappa shape index (κ3) is 4.98. The SMILES string of the molecule is COc1cc(NC(C)C(=O)Nc2ccc3c(c2)OCO3)c(OC)cc1NC(=O)c1ccccc1. The molecular formula is C25H25N3O6. The molecule has 176 valence electrons. The van der Waals surface area contributed by atoms with Crippen LogP contribution in [0.3, 0.4) is 0 Å². The van der Waals surface area contributed by atoms with Crippen LogP contribution in [0.25, 0.3) is 0 Å². The van der Waals surface area contributed by atoms with E-state index in [9.17, 15) is 9.59 Å². The Labute approximate surface area is 197 Å². The average Bonchev–Trinajstić information content (AvgIpc) is 3.33. The van der Waals surface area contributed by atoms with Gasteiger partial charge in [0.1, 0.15) is 17.5 Å². The molecule has 4 rings (SSSR count). The summed E-state index contributed by atoms with van der Waals surface area (Å²) in [6.07, 6.45) is 0. The summed E-state index contributed by atoms with van der Waals surface area (Å²) in [5.74, 6) is 1.53. The van der Waals surface area contributed by atoms with Gasteiger partial charge >= 0.3 is 0 Å². The Balaban J connectivity index is 1.48. The van der Waals surface area contributed by atoms with Crippen molar-refractivity contribution in [3.05, 3.63) is 66.2 Å². The first-order chi connectivity index (χ1) is 16.5. The molecule has 1 aliphatic rings. The summed E-state index contributed by atoms with van der Waals surface area (Å²) in [7, 11) is 3.01. The van der Waals surface area contributed by atoms with Crippen LogP contribution in [0.5, 0.6) is 23.0 Å². The van der Waals surface area contributed by atoms with Crippen LogP contribution in [0.1, 0.15) is 17.3 Å². The van der Waals surface area contributed by atoms with Gasteiger partial charge in [0.15, 0.2) is 11.5 Å². The second-order valence-corrected chi connectivity index (χ2v) is 7.50. The normalized spacial score (nSPS) is 12.4. The van der Waals surface area contributed by atoms with Gasteiger partial charge in [-0.1, -0.05) is 18.2 Å². The first kappa shape index (κ1) is 22.8. The molecule has 1 atom stereocenters. The van der Waals surface area contributed by atoms with Crippen LogP contribution < -0.4 is 34.9 Å². The summed E-state index contributed by atoms with van der Waals surface area (Å²) in [6.45, 7) is 1.88. The molecule has 1 heterocycles. The maximum atomic E-state index is 12.8. The topological polar surface area (TPSA) is 107 Å². The van der Waals surface area contributed by atoms with E-state index >= 15 is 0 Å². The number of ether oxygens (including phenoxy) is 4. The predicted molar refractivity (Wildman–Crippen MR) is 128 cm³/mol. The maximum Gasteiger partial charge on any atom is 0.255 e. The summed E-state index contributed by atoms with van der Waals surface area (Å²) >= 11 is 0. The van der Waals surface area contributed by atoms with E-state index in [1.807, 2.05) is 6.07 Å². The first-order valence-electron chi connectivity index (χ1n) is 10.6. The van der Waals surface area contributed by atoms with E-state index in [0.29, 0.717) is 45.6 Å². The lowest BCUT2D eigenvalue weighted by Gasteiger charge is -2.20. The van der Waals surface area contributed by atoms with E-state index in [4.69, 9.17) is 18.9 Å². The summed E-state index contributed by atoms with van der Waals surface area (Å²) in [5.41, 5.74) is 2.08. The van der Waals surface area contributed by atoms with E-state index in [-0.39, 0.29) is 18.6 Å². The summed E-state index contributed by atoms with van der Waals surface area (Å²) in [5, 5.41) is 8.82. The highest BCUT2D eigenvalue weighted by molar-refractivity contribution is 6.05. The van der Waals surface area contributed by atoms with Crippen molar-refractivity contribution in [1.29, 1.82) is 0 Å². The molecule has 0 fully saturated rings. The number of rotatable bonds is 8. The van der Waals surface area contributed by atoms with Crippen molar-refractivity contribution in [3.63, 3.8) is 0 Å². The maximum absolute atomic E-state index is 12.8. The lowest BCUT2D eigenvalue weighted by Crippen LogP contribution is -2.32. The van der Waals surface area contributed by atoms with E-state index in [0.717, 1.165) is 0 Å². The quantitative estimate of drug-likeness (QED) is 0.461. The zero-order chi connectivity index (χ0) is 24.1. The number of anilines is 3. The molecule has 0 spiro atoms. The molecular weight excluding hydrogens is 438 g/mol. The van der Waals surface area contributed by atoms with Crippen LogP contribution in [-0.2, 0) is 4.79 Å². The molecule has 0 bridgehead atoms. The number of amides is 2. The number of carbonyl (C=O) groups excluding carboxylic acids is 2. The zero-order valence-electron chi connectivity index (χ0n) is 19.0. The molecule has 9 nitrogen and oxygen atoms in total. The molecule has 0 saturated heterocycles. The van der Waals surface area contributed by atoms with Crippen molar-refractivity contribution in [1.82, 2.24) is 0 Å². The summed E-state index contributed by atoms with van der Waals surface area (Å²) in [4.78, 5) is 25.4. The minimum absolute atomic E-state index is 0.161. The Morgan fingerprint density at radius 2 is 1.53 bits per heavy atom. The summed E-state index contributed by atoms with van der Waals surface area (Å²) < 4.78 is 21.6. The van der Waals surface area contributed by atoms with Crippen molar-refractivity contribution in [2.45, 2.75) is 13.0 Å². The van der Waals surface area contributed by atoms with Crippen molar-refractivity contribution in [3.8, 4) is 23.0 Å². The first-order valence-corrected chi connectivity index (χ1v) is 10.6. The zero-order valence-corrected chi connectivity index (χ0v) is 19.0. The third-order valence-electron chi connectivity index (χ3n) is 5.21. The van der Waals surface area contributed by atoms with Gasteiger partial charge < -0.3 is 34.9 Å². The van der Waals surface area contributed by atoms with Crippen LogP contribution in [0.2, 0.25) is 0 Å². The highest BCUT2D eigenvalue weighted by atomic mass is 16.7. The Bertz CT molecular complexity index is 1200. The van der Waals surface area contributed by atoms with Gasteiger partial charge in [0.25, 0.3) is 5.91 Å². The van der Waals surface area contributed by atoms with Crippen LogP contribution in [0, 0.1) is 0 Å². The van der Waals surface area contributed by atoms with Crippen molar-refractivity contribution in [2.75, 3.05) is 37.0 Å². The van der Waals surface area contributed by atoms with Crippen LogP contribution >= 0.6 is 0 Å². The molecule has 34 heavy (non-hydrogen) atoms. The summed E-state index contributed by atoms with van der Waals surface area (Å²) in [6, 6.07) is 16.7. The fraction of sp³-hybridized carbons (Fsp3) is 0.200. The van der Waals surface area contributed by atoms with E-state index in [1.54, 1.807) is 61.5 Å². The van der Waals surface area contributed by atoms with E-state index in [2.05, 4.69) is 16.0 Å². The number of methoxy groups -OCH3 is 2. The molecule has 0 radical (unpaired) electrons. The molecule has 3 aromatic carbocycles. The molecule has 2 amide bonds. The van der Waals surface area contributed by atoms with Crippen LogP contribution in [0.15, 0.2) is 60.7 Å². The van der Waals surface area contributed by atoms with Gasteiger partial charge in [0.2, 0.25) is 12.7 Å². The molecule has 0 saturated carbocycles. The van der Waals surface area contributed by atoms with Gasteiger partial charge in [-0.25, -0.2) is 0 Å². The minimum atomic E-state index is -0.617. The third-order valence-corrected chi connectivity index (χ3v) is 5.21. The standard InChI is InChI=1S/C25H25N3O6/c1-15(24(29)27-17-9-10-20-23(11-17)34-14-33-20)26-18-12-22(32-3)19(13-21(18)31-2)28-25(30)16-7-5-4-6-8-16/h4-13,15,26H,14H2,1-3H3,(H,27,29)(H,28,30). The molecule has 1 aliphatic heterocycles. The van der Waals surface area contributed by atoms with Crippen molar-refractivity contribution >= 4 is 28.9 Å². The van der Waals surface area contributed by atoms with Gasteiger partial charge in [-0.05, 0) is 31.2 Å². The fourth-order valence-electron chi connectivity index (χ4n) is 3.42. The number of fused-ring (bicyclic) bond motifs is 1. The Kier molecular flexibility index (Phi) is 6.72. The van der Waals surface area contributed by atoms with E-state index in [1.165, 1.54) is 14.2 Å². The largest absolute Gasteiger partial charge is 0.495 e. The minimum Gasteiger partial charge on any atom is -0.495 e. The molecule has 0 aromatic heterocycles. The number of benzene rings is 3. The highest BCUT2D eigenvalue weighted by Gasteiger charge is 2.20. The Morgan fingerprint density at radius 3 is 2.26 bits per heavy atom. The predicted octanol–water partition coefficient (Wildman–Crippen LogP) is 4.12. The lowest BCUT2D eigenvalue weighted by molar-refractivity contribution is -0.116. The number of hydrogen-bond donors (Lipinski definition) is 3. The fourth-order valence-corrected chi connectivity index (χ4v) is 3.42. The second kappa shape index (κ2) is 10.0. The molecule has 1 unspecified atom stereocenters. The molecule has 3 N–H and O–H groups in total. The molecule has 0 aliphatic carbocycles. The molecule has 9 heteroatoms.